The Balaban J connectivity index is 1.72. The molecule has 2 saturated heterocycles. The van der Waals surface area contributed by atoms with E-state index in [9.17, 15) is 14.9 Å². The number of carbonyl (C=O) groups excluding carboxylic acids is 1. The lowest BCUT2D eigenvalue weighted by atomic mass is 10.0. The fourth-order valence-corrected chi connectivity index (χ4v) is 3.51. The number of nitrogens with zero attached hydrogens (tertiary/aromatic N) is 2. The van der Waals surface area contributed by atoms with Gasteiger partial charge in [0.25, 0.3) is 5.91 Å². The minimum Gasteiger partial charge on any atom is -0.337 e. The van der Waals surface area contributed by atoms with E-state index in [1.54, 1.807) is 6.07 Å². The molecular formula is C11H13N3O3S. The van der Waals surface area contributed by atoms with Gasteiger partial charge in [-0.15, -0.1) is 0 Å². The van der Waals surface area contributed by atoms with Crippen LogP contribution in [0.15, 0.2) is 12.1 Å². The van der Waals surface area contributed by atoms with Gasteiger partial charge in [0.1, 0.15) is 0 Å². The number of hydrogen-bond donors (Lipinski definition) is 1. The number of likely N-dealkylation sites (tertiary alicyclic amines) is 1. The number of carbonyl (C=O) groups is 1. The molecule has 3 rings (SSSR count). The summed E-state index contributed by atoms with van der Waals surface area (Å²) in [6.07, 6.45) is 0. The fraction of sp³-hybridized carbons (Fsp3) is 0.545. The van der Waals surface area contributed by atoms with E-state index in [-0.39, 0.29) is 10.9 Å². The number of rotatable bonds is 2. The van der Waals surface area contributed by atoms with E-state index >= 15 is 0 Å². The summed E-state index contributed by atoms with van der Waals surface area (Å²) in [5.41, 5.74) is 0. The van der Waals surface area contributed by atoms with E-state index in [1.165, 1.54) is 6.07 Å². The van der Waals surface area contributed by atoms with Crippen molar-refractivity contribution in [1.82, 2.24) is 10.2 Å². The third kappa shape index (κ3) is 1.89. The monoisotopic (exact) mass is 267 g/mol. The molecule has 1 aromatic rings. The quantitative estimate of drug-likeness (QED) is 0.639. The summed E-state index contributed by atoms with van der Waals surface area (Å²) in [5.74, 6) is 1.02. The highest BCUT2D eigenvalue weighted by atomic mass is 32.1. The van der Waals surface area contributed by atoms with Crippen molar-refractivity contribution >= 4 is 22.2 Å². The lowest BCUT2D eigenvalue weighted by molar-refractivity contribution is -0.380. The average Bonchev–Trinajstić information content (AvgIpc) is 3.02. The molecule has 0 radical (unpaired) electrons. The molecule has 2 aliphatic heterocycles. The molecule has 0 bridgehead atoms. The number of thiophene rings is 1. The standard InChI is InChI=1S/C11H13N3O3S/c15-11(9-1-2-10(18-9)14(16)17)13-5-7-3-12-4-8(7)6-13/h1-2,7-8,12H,3-6H2. The van der Waals surface area contributed by atoms with Crippen LogP contribution in [0.2, 0.25) is 0 Å². The Bertz CT molecular complexity index is 489. The molecule has 0 saturated carbocycles. The zero-order valence-corrected chi connectivity index (χ0v) is 10.5. The van der Waals surface area contributed by atoms with Crippen molar-refractivity contribution in [2.45, 2.75) is 0 Å². The van der Waals surface area contributed by atoms with E-state index in [0.29, 0.717) is 16.7 Å². The van der Waals surface area contributed by atoms with Crippen molar-refractivity contribution in [1.29, 1.82) is 0 Å². The zero-order chi connectivity index (χ0) is 12.7. The van der Waals surface area contributed by atoms with Crippen molar-refractivity contribution in [3.8, 4) is 0 Å². The van der Waals surface area contributed by atoms with E-state index in [1.807, 2.05) is 4.90 Å². The first-order chi connectivity index (χ1) is 8.65. The second-order valence-corrected chi connectivity index (χ2v) is 5.85. The largest absolute Gasteiger partial charge is 0.337 e. The average molecular weight is 267 g/mol. The van der Waals surface area contributed by atoms with Crippen molar-refractivity contribution in [2.24, 2.45) is 11.8 Å². The van der Waals surface area contributed by atoms with Crippen LogP contribution in [-0.4, -0.2) is 41.9 Å². The van der Waals surface area contributed by atoms with Gasteiger partial charge in [0.2, 0.25) is 0 Å². The van der Waals surface area contributed by atoms with Gasteiger partial charge in [-0.3, -0.25) is 14.9 Å². The van der Waals surface area contributed by atoms with Gasteiger partial charge in [-0.2, -0.15) is 0 Å². The maximum absolute atomic E-state index is 12.2. The van der Waals surface area contributed by atoms with E-state index in [4.69, 9.17) is 0 Å². The van der Waals surface area contributed by atoms with E-state index in [0.717, 1.165) is 37.5 Å². The van der Waals surface area contributed by atoms with Gasteiger partial charge in [0.15, 0.2) is 0 Å². The van der Waals surface area contributed by atoms with Crippen molar-refractivity contribution < 1.29 is 9.72 Å². The van der Waals surface area contributed by atoms with Crippen LogP contribution < -0.4 is 5.32 Å². The molecule has 1 N–H and O–H groups in total. The van der Waals surface area contributed by atoms with Crippen molar-refractivity contribution in [2.75, 3.05) is 26.2 Å². The third-order valence-corrected chi connectivity index (χ3v) is 4.68. The minimum absolute atomic E-state index is 0.0272. The Labute approximate surface area is 108 Å². The maximum Gasteiger partial charge on any atom is 0.324 e. The highest BCUT2D eigenvalue weighted by molar-refractivity contribution is 7.17. The van der Waals surface area contributed by atoms with Crippen molar-refractivity contribution in [3.05, 3.63) is 27.1 Å². The van der Waals surface area contributed by atoms with Crippen LogP contribution in [0.25, 0.3) is 0 Å². The SMILES string of the molecule is O=C(c1ccc([N+](=O)[O-])s1)N1CC2CNCC2C1. The molecule has 2 aliphatic rings. The molecule has 7 heteroatoms. The van der Waals surface area contributed by atoms with Gasteiger partial charge in [-0.25, -0.2) is 0 Å². The summed E-state index contributed by atoms with van der Waals surface area (Å²) < 4.78 is 0. The fourth-order valence-electron chi connectivity index (χ4n) is 2.72. The Morgan fingerprint density at radius 2 is 2.06 bits per heavy atom. The smallest absolute Gasteiger partial charge is 0.324 e. The molecule has 0 aliphatic carbocycles. The Kier molecular flexibility index (Phi) is 2.79. The number of nitrogens with one attached hydrogen (secondary N) is 1. The van der Waals surface area contributed by atoms with Gasteiger partial charge in [0, 0.05) is 32.2 Å². The Morgan fingerprint density at radius 1 is 1.39 bits per heavy atom. The molecule has 6 nitrogen and oxygen atoms in total. The number of hydrogen-bond acceptors (Lipinski definition) is 5. The van der Waals surface area contributed by atoms with E-state index in [2.05, 4.69) is 5.32 Å². The third-order valence-electron chi connectivity index (χ3n) is 3.66. The maximum atomic E-state index is 12.2. The minimum atomic E-state index is -0.454. The summed E-state index contributed by atoms with van der Waals surface area (Å²) >= 11 is 0.958. The second-order valence-electron chi connectivity index (χ2n) is 4.78. The highest BCUT2D eigenvalue weighted by Crippen LogP contribution is 2.30. The van der Waals surface area contributed by atoms with Crippen LogP contribution in [0.3, 0.4) is 0 Å². The molecule has 96 valence electrons. The van der Waals surface area contributed by atoms with Gasteiger partial charge in [-0.1, -0.05) is 11.3 Å². The topological polar surface area (TPSA) is 75.5 Å². The Hall–Kier alpha value is -1.47. The first-order valence-corrected chi connectivity index (χ1v) is 6.71. The summed E-state index contributed by atoms with van der Waals surface area (Å²) in [4.78, 5) is 24.6. The molecule has 18 heavy (non-hydrogen) atoms. The predicted molar refractivity (Wildman–Crippen MR) is 66.7 cm³/mol. The Morgan fingerprint density at radius 3 is 2.61 bits per heavy atom. The number of amides is 1. The lowest BCUT2D eigenvalue weighted by Crippen LogP contribution is -2.31. The van der Waals surface area contributed by atoms with Crippen molar-refractivity contribution in [3.63, 3.8) is 0 Å². The van der Waals surface area contributed by atoms with Crippen LogP contribution in [-0.2, 0) is 0 Å². The number of nitro groups is 1. The zero-order valence-electron chi connectivity index (χ0n) is 9.67. The van der Waals surface area contributed by atoms with E-state index < -0.39 is 4.92 Å². The molecule has 0 aromatic carbocycles. The molecule has 1 aromatic heterocycles. The molecule has 3 heterocycles. The molecule has 0 spiro atoms. The summed E-state index contributed by atoms with van der Waals surface area (Å²) in [6.45, 7) is 3.47. The second kappa shape index (κ2) is 4.33. The summed E-state index contributed by atoms with van der Waals surface area (Å²) in [6, 6.07) is 2.95. The summed E-state index contributed by atoms with van der Waals surface area (Å²) in [5, 5.41) is 13.9. The van der Waals surface area contributed by atoms with Crippen LogP contribution in [0.4, 0.5) is 5.00 Å². The van der Waals surface area contributed by atoms with Gasteiger partial charge < -0.3 is 10.2 Å². The van der Waals surface area contributed by atoms with Crippen LogP contribution in [0.5, 0.6) is 0 Å². The van der Waals surface area contributed by atoms with Crippen LogP contribution >= 0.6 is 11.3 Å². The first kappa shape index (κ1) is 11.6. The molecule has 2 atom stereocenters. The first-order valence-electron chi connectivity index (χ1n) is 5.89. The lowest BCUT2D eigenvalue weighted by Gasteiger charge is -2.16. The highest BCUT2D eigenvalue weighted by Gasteiger charge is 2.38. The van der Waals surface area contributed by atoms with Crippen LogP contribution in [0, 0.1) is 22.0 Å². The molecular weight excluding hydrogens is 254 g/mol. The predicted octanol–water partition coefficient (Wildman–Crippen LogP) is 0.948. The normalized spacial score (nSPS) is 26.3. The number of fused-ring (bicyclic) bond motifs is 1. The summed E-state index contributed by atoms with van der Waals surface area (Å²) in [7, 11) is 0. The van der Waals surface area contributed by atoms with Gasteiger partial charge in [-0.05, 0) is 17.9 Å². The molecule has 2 unspecified atom stereocenters. The molecule has 1 amide bonds. The van der Waals surface area contributed by atoms with Gasteiger partial charge >= 0.3 is 5.00 Å². The van der Waals surface area contributed by atoms with Crippen LogP contribution in [0.1, 0.15) is 9.67 Å². The van der Waals surface area contributed by atoms with Gasteiger partial charge in [0.05, 0.1) is 9.80 Å². The molecule has 2 fully saturated rings.